The van der Waals surface area contributed by atoms with Crippen LogP contribution in [-0.4, -0.2) is 5.43 Å². The minimum Gasteiger partial charge on any atom is -1.00 e. The molecule has 0 aliphatic rings. The van der Waals surface area contributed by atoms with E-state index in [1.807, 2.05) is 0 Å². The van der Waals surface area contributed by atoms with E-state index in [9.17, 15) is 0 Å². The average Bonchev–Trinajstić information content (AvgIpc) is 3.28. The van der Waals surface area contributed by atoms with E-state index in [-0.39, 0.29) is 30.2 Å². The Labute approximate surface area is 220 Å². The maximum atomic E-state index is 2.31. The molecule has 0 unspecified atom stereocenters. The molecule has 166 valence electrons. The van der Waals surface area contributed by atoms with Gasteiger partial charge < -0.3 is 24.8 Å². The summed E-state index contributed by atoms with van der Waals surface area (Å²) in [7, 11) is 0. The molecular weight excluding hydrogens is 527 g/mol. The zero-order valence-corrected chi connectivity index (χ0v) is 24.2. The van der Waals surface area contributed by atoms with Crippen LogP contribution in [-0.2, 0) is 29.8 Å². The van der Waals surface area contributed by atoms with Gasteiger partial charge >= 0.3 is 41.9 Å². The van der Waals surface area contributed by atoms with E-state index in [0.717, 1.165) is 0 Å². The molecule has 4 heteroatoms. The van der Waals surface area contributed by atoms with Crippen LogP contribution in [0.5, 0.6) is 0 Å². The third kappa shape index (κ3) is 7.70. The summed E-state index contributed by atoms with van der Waals surface area (Å²) in [5, 5.41) is 8.23. The summed E-state index contributed by atoms with van der Waals surface area (Å²) < 4.78 is 0. The molecule has 5 aromatic carbocycles. The van der Waals surface area contributed by atoms with Crippen molar-refractivity contribution in [2.24, 2.45) is 0 Å². The first kappa shape index (κ1) is 28.9. The molecule has 0 amide bonds. The van der Waals surface area contributed by atoms with Crippen molar-refractivity contribution in [1.29, 1.82) is 0 Å². The van der Waals surface area contributed by atoms with Crippen LogP contribution in [0.1, 0.15) is 24.5 Å². The summed E-state index contributed by atoms with van der Waals surface area (Å²) in [6, 6.07) is 30.4. The Morgan fingerprint density at radius 3 is 1.72 bits per heavy atom. The van der Waals surface area contributed by atoms with Crippen LogP contribution < -0.4 is 24.8 Å². The largest absolute Gasteiger partial charge is 1.00 e. The van der Waals surface area contributed by atoms with E-state index in [1.54, 1.807) is 23.3 Å². The fourth-order valence-electron chi connectivity index (χ4n) is 3.84. The van der Waals surface area contributed by atoms with Crippen LogP contribution in [0.3, 0.4) is 0 Å². The van der Waals surface area contributed by atoms with Gasteiger partial charge in [-0.3, -0.25) is 0 Å². The SMILES string of the molecule is CCCc1cccc2[cH-]c(C)cc12.C[Si](C)=[Zr+2].[Cl-].[Cl-].c1ccc2c(c1)[cH-]c1ccccc12. The molecule has 0 fully saturated rings. The molecule has 5 aromatic rings. The molecule has 5 rings (SSSR count). The molecule has 0 saturated carbocycles. The number of fused-ring (bicyclic) bond motifs is 4. The van der Waals surface area contributed by atoms with Crippen LogP contribution >= 0.6 is 0 Å². The topological polar surface area (TPSA) is 0 Å². The maximum Gasteiger partial charge on any atom is -0.0771 e. The summed E-state index contributed by atoms with van der Waals surface area (Å²) in [6.07, 6.45) is 2.42. The number of aryl methyl sites for hydroxylation is 2. The van der Waals surface area contributed by atoms with Crippen LogP contribution in [0.15, 0.2) is 84.9 Å². The predicted molar refractivity (Wildman–Crippen MR) is 133 cm³/mol. The summed E-state index contributed by atoms with van der Waals surface area (Å²) in [4.78, 5) is 0. The molecule has 0 N–H and O–H groups in total. The monoisotopic (exact) mass is 554 g/mol. The molecule has 0 aromatic heterocycles. The fourth-order valence-corrected chi connectivity index (χ4v) is 3.84. The molecule has 0 saturated heterocycles. The Balaban J connectivity index is 0.000000261. The third-order valence-electron chi connectivity index (χ3n) is 5.03. The van der Waals surface area contributed by atoms with Gasteiger partial charge in [-0.25, -0.2) is 0 Å². The maximum absolute atomic E-state index is 2.31. The average molecular weight is 557 g/mol. The van der Waals surface area contributed by atoms with Crippen LogP contribution in [0.4, 0.5) is 0 Å². The van der Waals surface area contributed by atoms with Gasteiger partial charge in [0, 0.05) is 0 Å². The Hall–Kier alpha value is -1.18. The van der Waals surface area contributed by atoms with E-state index in [1.165, 1.54) is 56.3 Å². The second-order valence-electron chi connectivity index (χ2n) is 8.02. The molecule has 0 heterocycles. The molecular formula is C28H30Cl2SiZr-2. The van der Waals surface area contributed by atoms with Crippen molar-refractivity contribution < 1.29 is 48.1 Å². The number of hydrogen-bond acceptors (Lipinski definition) is 0. The van der Waals surface area contributed by atoms with Gasteiger partial charge in [0.15, 0.2) is 0 Å². The number of hydrogen-bond donors (Lipinski definition) is 0. The zero-order chi connectivity index (χ0) is 21.5. The Kier molecular flexibility index (Phi) is 12.8. The first-order valence-corrected chi connectivity index (χ1v) is 16.9. The van der Waals surface area contributed by atoms with Crippen molar-refractivity contribution in [3.05, 3.63) is 96.1 Å². The summed E-state index contributed by atoms with van der Waals surface area (Å²) in [5.74, 6) is 0. The minimum atomic E-state index is 0. The molecule has 32 heavy (non-hydrogen) atoms. The Morgan fingerprint density at radius 1 is 0.719 bits per heavy atom. The molecule has 0 spiro atoms. The van der Waals surface area contributed by atoms with E-state index >= 15 is 0 Å². The molecule has 0 atom stereocenters. The van der Waals surface area contributed by atoms with Crippen molar-refractivity contribution in [2.75, 3.05) is 0 Å². The van der Waals surface area contributed by atoms with Gasteiger partial charge in [0.05, 0.1) is 0 Å². The molecule has 0 radical (unpaired) electrons. The van der Waals surface area contributed by atoms with E-state index in [4.69, 9.17) is 0 Å². The molecule has 0 aliphatic carbocycles. The van der Waals surface area contributed by atoms with Crippen LogP contribution in [0.25, 0.3) is 32.3 Å². The standard InChI is InChI=1S/C13H9.C13H15.C2H6Si.2ClH.Zr/c1-3-7-12-10(5-1)9-11-6-2-4-8-13(11)12;1-3-5-11-6-4-7-12-8-10(2)9-13(11)12;1-3-2;;;/h1-9H;4,6-9H,3,5H2,1-2H3;1-2H3;2*1H;/q2*-1;;;;+2/p-2. The summed E-state index contributed by atoms with van der Waals surface area (Å²) in [5.41, 5.74) is 3.08. The van der Waals surface area contributed by atoms with Gasteiger partial charge in [-0.15, -0.1) is 74.3 Å². The fraction of sp³-hybridized carbons (Fsp3) is 0.214. The second-order valence-corrected chi connectivity index (χ2v) is 17.4. The van der Waals surface area contributed by atoms with E-state index in [2.05, 4.69) is 112 Å². The smallest absolute Gasteiger partial charge is 0.0771 e. The van der Waals surface area contributed by atoms with Crippen molar-refractivity contribution in [2.45, 2.75) is 39.8 Å². The predicted octanol–water partition coefficient (Wildman–Crippen LogP) is 2.32. The summed E-state index contributed by atoms with van der Waals surface area (Å²) >= 11 is 1.74. The van der Waals surface area contributed by atoms with Gasteiger partial charge in [-0.1, -0.05) is 68.3 Å². The Bertz CT molecular complexity index is 1210. The van der Waals surface area contributed by atoms with Crippen molar-refractivity contribution in [3.8, 4) is 0 Å². The van der Waals surface area contributed by atoms with Crippen molar-refractivity contribution >= 4 is 37.8 Å². The minimum absolute atomic E-state index is 0. The van der Waals surface area contributed by atoms with E-state index < -0.39 is 0 Å². The van der Waals surface area contributed by atoms with Crippen LogP contribution in [0.2, 0.25) is 13.1 Å². The number of benzene rings is 3. The number of rotatable bonds is 2. The third-order valence-corrected chi connectivity index (χ3v) is 5.03. The zero-order valence-electron chi connectivity index (χ0n) is 19.3. The Morgan fingerprint density at radius 2 is 1.19 bits per heavy atom. The summed E-state index contributed by atoms with van der Waals surface area (Å²) in [6.45, 7) is 9.01. The van der Waals surface area contributed by atoms with Crippen LogP contribution in [0, 0.1) is 6.92 Å². The number of halogens is 2. The normalized spacial score (nSPS) is 9.81. The van der Waals surface area contributed by atoms with Gasteiger partial charge in [0.25, 0.3) is 0 Å². The molecule has 0 nitrogen and oxygen atoms in total. The molecule has 0 bridgehead atoms. The first-order valence-electron chi connectivity index (χ1n) is 10.7. The van der Waals surface area contributed by atoms with Crippen molar-refractivity contribution in [3.63, 3.8) is 0 Å². The van der Waals surface area contributed by atoms with Gasteiger partial charge in [0.2, 0.25) is 0 Å². The van der Waals surface area contributed by atoms with E-state index in [0.29, 0.717) is 0 Å². The first-order chi connectivity index (χ1) is 14.5. The quantitative estimate of drug-likeness (QED) is 0.231. The molecule has 0 aliphatic heterocycles. The van der Waals surface area contributed by atoms with Crippen molar-refractivity contribution in [1.82, 2.24) is 0 Å². The second kappa shape index (κ2) is 14.2. The van der Waals surface area contributed by atoms with Gasteiger partial charge in [-0.05, 0) is 6.42 Å². The van der Waals surface area contributed by atoms with Gasteiger partial charge in [0.1, 0.15) is 0 Å². The van der Waals surface area contributed by atoms with Gasteiger partial charge in [-0.2, -0.15) is 6.07 Å².